The molecule has 1 amide bonds. The number of pyridine rings is 1. The molecule has 0 aliphatic carbocycles. The topological polar surface area (TPSA) is 106 Å². The first kappa shape index (κ1) is 11.7. The van der Waals surface area contributed by atoms with Gasteiger partial charge in [-0.1, -0.05) is 0 Å². The number of ether oxygens (including phenoxy) is 1. The number of hydrogen-bond acceptors (Lipinski definition) is 5. The summed E-state index contributed by atoms with van der Waals surface area (Å²) in [5.74, 6) is 0.00972. The Bertz CT molecular complexity index is 434. The lowest BCUT2D eigenvalue weighted by Gasteiger charge is -2.14. The van der Waals surface area contributed by atoms with E-state index in [-0.39, 0.29) is 17.3 Å². The fourth-order valence-corrected chi connectivity index (χ4v) is 1.03. The molecule has 16 heavy (non-hydrogen) atoms. The van der Waals surface area contributed by atoms with Crippen molar-refractivity contribution in [2.75, 3.05) is 19.1 Å². The van der Waals surface area contributed by atoms with Crippen molar-refractivity contribution in [1.29, 1.82) is 0 Å². The van der Waals surface area contributed by atoms with E-state index >= 15 is 0 Å². The molecule has 86 valence electrons. The molecule has 0 saturated carbocycles. The number of nitro groups is 1. The van der Waals surface area contributed by atoms with Crippen LogP contribution in [0.1, 0.15) is 0 Å². The number of anilines is 1. The van der Waals surface area contributed by atoms with Crippen LogP contribution >= 0.6 is 0 Å². The first-order valence-electron chi connectivity index (χ1n) is 4.12. The second-order valence-corrected chi connectivity index (χ2v) is 2.82. The number of nitrogens with zero attached hydrogens (tertiary/aromatic N) is 3. The zero-order valence-electron chi connectivity index (χ0n) is 8.58. The van der Waals surface area contributed by atoms with Gasteiger partial charge in [0.25, 0.3) is 5.69 Å². The van der Waals surface area contributed by atoms with Crippen LogP contribution in [0.4, 0.5) is 16.2 Å². The third-order valence-corrected chi connectivity index (χ3v) is 1.87. The van der Waals surface area contributed by atoms with Gasteiger partial charge in [-0.2, -0.15) is 0 Å². The predicted octanol–water partition coefficient (Wildman–Crippen LogP) is 1.11. The van der Waals surface area contributed by atoms with E-state index in [9.17, 15) is 14.9 Å². The van der Waals surface area contributed by atoms with Gasteiger partial charge in [0.05, 0.1) is 12.0 Å². The van der Waals surface area contributed by atoms with E-state index in [1.807, 2.05) is 0 Å². The lowest BCUT2D eigenvalue weighted by Crippen LogP contribution is -2.24. The number of carbonyl (C=O) groups is 1. The Morgan fingerprint density at radius 3 is 2.75 bits per heavy atom. The highest BCUT2D eigenvalue weighted by Gasteiger charge is 2.19. The number of hydrogen-bond donors (Lipinski definition) is 1. The number of methoxy groups -OCH3 is 1. The Balaban J connectivity index is 3.27. The SMILES string of the molecule is COc1ncc([N+](=O)[O-])cc1N(C)C(=O)O. The lowest BCUT2D eigenvalue weighted by atomic mass is 10.3. The molecule has 1 heterocycles. The summed E-state index contributed by atoms with van der Waals surface area (Å²) in [7, 11) is 2.54. The number of carboxylic acid groups (broad SMARTS) is 1. The lowest BCUT2D eigenvalue weighted by molar-refractivity contribution is -0.385. The molecule has 0 aliphatic rings. The van der Waals surface area contributed by atoms with E-state index in [0.29, 0.717) is 0 Å². The first-order valence-corrected chi connectivity index (χ1v) is 4.12. The van der Waals surface area contributed by atoms with Gasteiger partial charge in [-0.05, 0) is 0 Å². The van der Waals surface area contributed by atoms with Crippen molar-refractivity contribution in [1.82, 2.24) is 4.98 Å². The monoisotopic (exact) mass is 227 g/mol. The maximum absolute atomic E-state index is 10.7. The van der Waals surface area contributed by atoms with Crippen LogP contribution in [0.25, 0.3) is 0 Å². The molecule has 1 N–H and O–H groups in total. The highest BCUT2D eigenvalue weighted by atomic mass is 16.6. The fourth-order valence-electron chi connectivity index (χ4n) is 1.03. The summed E-state index contributed by atoms with van der Waals surface area (Å²) in [6, 6.07) is 1.08. The Kier molecular flexibility index (Phi) is 3.24. The van der Waals surface area contributed by atoms with E-state index in [4.69, 9.17) is 9.84 Å². The van der Waals surface area contributed by atoms with Crippen LogP contribution in [0.15, 0.2) is 12.3 Å². The van der Waals surface area contributed by atoms with Crippen LogP contribution in [-0.4, -0.2) is 35.3 Å². The number of amides is 1. The third kappa shape index (κ3) is 2.16. The highest BCUT2D eigenvalue weighted by molar-refractivity contribution is 5.87. The van der Waals surface area contributed by atoms with Gasteiger partial charge < -0.3 is 9.84 Å². The quantitative estimate of drug-likeness (QED) is 0.612. The van der Waals surface area contributed by atoms with Gasteiger partial charge in [0.15, 0.2) is 0 Å². The molecule has 1 aromatic heterocycles. The average molecular weight is 227 g/mol. The Hall–Kier alpha value is -2.38. The summed E-state index contributed by atoms with van der Waals surface area (Å²) >= 11 is 0. The number of aromatic nitrogens is 1. The Labute approximate surface area is 90.2 Å². The second kappa shape index (κ2) is 4.43. The Morgan fingerprint density at radius 1 is 1.69 bits per heavy atom. The van der Waals surface area contributed by atoms with Gasteiger partial charge in [-0.15, -0.1) is 0 Å². The van der Waals surface area contributed by atoms with Crippen molar-refractivity contribution < 1.29 is 19.6 Å². The van der Waals surface area contributed by atoms with Crippen molar-refractivity contribution in [3.05, 3.63) is 22.4 Å². The second-order valence-electron chi connectivity index (χ2n) is 2.82. The van der Waals surface area contributed by atoms with E-state index in [1.54, 1.807) is 0 Å². The molecule has 1 rings (SSSR count). The van der Waals surface area contributed by atoms with Crippen LogP contribution in [-0.2, 0) is 0 Å². The zero-order chi connectivity index (χ0) is 12.3. The Morgan fingerprint density at radius 2 is 2.31 bits per heavy atom. The van der Waals surface area contributed by atoms with Gasteiger partial charge in [0, 0.05) is 13.1 Å². The molecule has 0 aliphatic heterocycles. The van der Waals surface area contributed by atoms with E-state index in [1.165, 1.54) is 14.2 Å². The van der Waals surface area contributed by atoms with Crippen LogP contribution in [0.5, 0.6) is 5.88 Å². The molecule has 0 spiro atoms. The average Bonchev–Trinajstić information content (AvgIpc) is 2.26. The zero-order valence-corrected chi connectivity index (χ0v) is 8.58. The molecule has 0 fully saturated rings. The fraction of sp³-hybridized carbons (Fsp3) is 0.250. The van der Waals surface area contributed by atoms with Crippen molar-refractivity contribution in [2.45, 2.75) is 0 Å². The molecule has 1 aromatic rings. The summed E-state index contributed by atoms with van der Waals surface area (Å²) in [6.45, 7) is 0. The molecule has 0 unspecified atom stereocenters. The summed E-state index contributed by atoms with van der Waals surface area (Å²) < 4.78 is 4.81. The number of rotatable bonds is 3. The molecule has 8 heteroatoms. The molecular formula is C8H9N3O5. The van der Waals surface area contributed by atoms with E-state index in [2.05, 4.69) is 4.98 Å². The molecule has 0 atom stereocenters. The molecule has 0 radical (unpaired) electrons. The summed E-state index contributed by atoms with van der Waals surface area (Å²) in [5, 5.41) is 19.3. The minimum atomic E-state index is -1.26. The maximum Gasteiger partial charge on any atom is 0.411 e. The molecule has 8 nitrogen and oxygen atoms in total. The van der Waals surface area contributed by atoms with Gasteiger partial charge in [0.2, 0.25) is 5.88 Å². The normalized spacial score (nSPS) is 9.62. The van der Waals surface area contributed by atoms with Crippen molar-refractivity contribution in [2.24, 2.45) is 0 Å². The van der Waals surface area contributed by atoms with Crippen molar-refractivity contribution in [3.8, 4) is 5.88 Å². The van der Waals surface area contributed by atoms with Crippen LogP contribution < -0.4 is 9.64 Å². The van der Waals surface area contributed by atoms with Gasteiger partial charge in [-0.25, -0.2) is 9.78 Å². The molecule has 0 bridgehead atoms. The molecular weight excluding hydrogens is 218 g/mol. The van der Waals surface area contributed by atoms with Crippen LogP contribution in [0.3, 0.4) is 0 Å². The molecule has 0 saturated heterocycles. The van der Waals surface area contributed by atoms with Crippen LogP contribution in [0, 0.1) is 10.1 Å². The minimum Gasteiger partial charge on any atom is -0.480 e. The van der Waals surface area contributed by atoms with Gasteiger partial charge >= 0.3 is 6.09 Å². The summed E-state index contributed by atoms with van der Waals surface area (Å²) in [5.41, 5.74) is -0.284. The minimum absolute atomic E-state index is 0.00972. The van der Waals surface area contributed by atoms with Gasteiger partial charge in [-0.3, -0.25) is 15.0 Å². The van der Waals surface area contributed by atoms with Gasteiger partial charge in [0.1, 0.15) is 11.9 Å². The van der Waals surface area contributed by atoms with Crippen molar-refractivity contribution >= 4 is 17.5 Å². The standard InChI is InChI=1S/C8H9N3O5/c1-10(8(12)13)6-3-5(11(14)15)4-9-7(6)16-2/h3-4H,1-2H3,(H,12,13). The largest absolute Gasteiger partial charge is 0.480 e. The van der Waals surface area contributed by atoms with Crippen molar-refractivity contribution in [3.63, 3.8) is 0 Å². The van der Waals surface area contributed by atoms with Crippen LogP contribution in [0.2, 0.25) is 0 Å². The highest BCUT2D eigenvalue weighted by Crippen LogP contribution is 2.28. The summed E-state index contributed by atoms with van der Waals surface area (Å²) in [4.78, 5) is 25.0. The van der Waals surface area contributed by atoms with E-state index in [0.717, 1.165) is 17.2 Å². The maximum atomic E-state index is 10.7. The van der Waals surface area contributed by atoms with E-state index < -0.39 is 11.0 Å². The molecule has 0 aromatic carbocycles. The summed E-state index contributed by atoms with van der Waals surface area (Å²) in [6.07, 6.45) is -0.265. The third-order valence-electron chi connectivity index (χ3n) is 1.87. The smallest absolute Gasteiger partial charge is 0.411 e. The first-order chi connectivity index (χ1) is 7.47. The predicted molar refractivity (Wildman–Crippen MR) is 53.9 cm³/mol.